The average Bonchev–Trinajstić information content (AvgIpc) is 1.97. The minimum atomic E-state index is -0.823. The molecule has 0 aromatic carbocycles. The van der Waals surface area contributed by atoms with Gasteiger partial charge in [0.2, 0.25) is 11.6 Å². The van der Waals surface area contributed by atoms with Crippen LogP contribution in [0.25, 0.3) is 0 Å². The minimum absolute atomic E-state index is 0.322. The number of aliphatic hydroxyl groups is 1. The summed E-state index contributed by atoms with van der Waals surface area (Å²) in [5.41, 5.74) is 0. The van der Waals surface area contributed by atoms with E-state index in [1.807, 2.05) is 0 Å². The highest BCUT2D eigenvalue weighted by molar-refractivity contribution is 6.54. The molecule has 0 bridgehead atoms. The Hall–Kier alpha value is -0.800. The van der Waals surface area contributed by atoms with Crippen LogP contribution in [0.3, 0.4) is 0 Å². The van der Waals surface area contributed by atoms with Crippen LogP contribution in [0.2, 0.25) is 0 Å². The smallest absolute Gasteiger partial charge is 0.240 e. The largest absolute Gasteiger partial charge is 0.503 e. The monoisotopic (exact) mass is 192 g/mol. The van der Waals surface area contributed by atoms with Crippen LogP contribution in [0, 0.1) is 0 Å². The SMILES string of the molecule is O=C1C=C(Cl)C(=O)C(O)=C1Cl. The molecule has 0 saturated heterocycles. The van der Waals surface area contributed by atoms with Gasteiger partial charge in [0, 0.05) is 6.08 Å². The summed E-state index contributed by atoms with van der Waals surface area (Å²) in [5, 5.41) is 8.03. The lowest BCUT2D eigenvalue weighted by Gasteiger charge is -2.04. The molecule has 1 rings (SSSR count). The van der Waals surface area contributed by atoms with Gasteiger partial charge in [-0.1, -0.05) is 23.2 Å². The number of Topliss-reactive ketones (excluding diaryl/α,β-unsaturated/α-hetero) is 1. The fraction of sp³-hybridized carbons (Fsp3) is 0. The molecule has 0 aromatic heterocycles. The Bertz CT molecular complexity index is 301. The lowest BCUT2D eigenvalue weighted by molar-refractivity contribution is -0.116. The summed E-state index contributed by atoms with van der Waals surface area (Å²) in [6, 6.07) is 0. The van der Waals surface area contributed by atoms with E-state index in [2.05, 4.69) is 0 Å². The number of hydrogen-bond donors (Lipinski definition) is 1. The van der Waals surface area contributed by atoms with Gasteiger partial charge in [-0.15, -0.1) is 0 Å². The molecular formula is C6H2Cl2O3. The Morgan fingerprint density at radius 3 is 2.36 bits per heavy atom. The van der Waals surface area contributed by atoms with Crippen molar-refractivity contribution in [2.45, 2.75) is 0 Å². The first-order valence-electron chi connectivity index (χ1n) is 2.59. The fourth-order valence-electron chi connectivity index (χ4n) is 0.573. The highest BCUT2D eigenvalue weighted by Crippen LogP contribution is 2.21. The van der Waals surface area contributed by atoms with Crippen molar-refractivity contribution in [3.63, 3.8) is 0 Å². The van der Waals surface area contributed by atoms with Gasteiger partial charge >= 0.3 is 0 Å². The van der Waals surface area contributed by atoms with Crippen molar-refractivity contribution in [2.24, 2.45) is 0 Å². The third-order valence-corrected chi connectivity index (χ3v) is 1.76. The molecule has 1 aliphatic rings. The predicted molar refractivity (Wildman–Crippen MR) is 39.5 cm³/mol. The first-order chi connectivity index (χ1) is 5.04. The summed E-state index contributed by atoms with van der Waals surface area (Å²) in [6.07, 6.45) is 0.867. The predicted octanol–water partition coefficient (Wildman–Crippen LogP) is 1.27. The number of hydrogen-bond acceptors (Lipinski definition) is 3. The third-order valence-electron chi connectivity index (χ3n) is 1.11. The van der Waals surface area contributed by atoms with E-state index in [0.717, 1.165) is 6.08 Å². The van der Waals surface area contributed by atoms with Crippen LogP contribution in [-0.2, 0) is 9.59 Å². The van der Waals surface area contributed by atoms with Crippen molar-refractivity contribution in [1.29, 1.82) is 0 Å². The Labute approximate surface area is 71.9 Å². The van der Waals surface area contributed by atoms with Gasteiger partial charge in [-0.25, -0.2) is 0 Å². The number of carbonyl (C=O) groups excluding carboxylic acids is 2. The summed E-state index contributed by atoms with van der Waals surface area (Å²) < 4.78 is 0. The molecule has 1 aliphatic carbocycles. The van der Waals surface area contributed by atoms with Gasteiger partial charge in [-0.3, -0.25) is 9.59 Å². The van der Waals surface area contributed by atoms with Crippen LogP contribution in [0.1, 0.15) is 0 Å². The molecule has 58 valence electrons. The molecule has 0 radical (unpaired) electrons. The van der Waals surface area contributed by atoms with Crippen molar-refractivity contribution in [3.05, 3.63) is 21.9 Å². The number of allylic oxidation sites excluding steroid dienone is 3. The molecule has 0 atom stereocenters. The normalized spacial score (nSPS) is 18.9. The summed E-state index contributed by atoms with van der Waals surface area (Å²) in [7, 11) is 0. The van der Waals surface area contributed by atoms with E-state index < -0.39 is 22.4 Å². The lowest BCUT2D eigenvalue weighted by Crippen LogP contribution is -2.13. The average molecular weight is 193 g/mol. The van der Waals surface area contributed by atoms with Gasteiger partial charge in [0.15, 0.2) is 5.76 Å². The van der Waals surface area contributed by atoms with Crippen LogP contribution in [0.4, 0.5) is 0 Å². The highest BCUT2D eigenvalue weighted by Gasteiger charge is 2.25. The molecule has 3 nitrogen and oxygen atoms in total. The molecule has 0 heterocycles. The maximum absolute atomic E-state index is 10.7. The van der Waals surface area contributed by atoms with Gasteiger partial charge in [-0.2, -0.15) is 0 Å². The van der Waals surface area contributed by atoms with Gasteiger partial charge in [0.25, 0.3) is 0 Å². The van der Waals surface area contributed by atoms with Gasteiger partial charge in [-0.05, 0) is 0 Å². The molecular weight excluding hydrogens is 191 g/mol. The van der Waals surface area contributed by atoms with Gasteiger partial charge in [0.05, 0.1) is 5.03 Å². The molecule has 0 spiro atoms. The van der Waals surface area contributed by atoms with Crippen LogP contribution in [-0.4, -0.2) is 16.7 Å². The number of carbonyl (C=O) groups is 2. The van der Waals surface area contributed by atoms with Crippen LogP contribution >= 0.6 is 23.2 Å². The van der Waals surface area contributed by atoms with E-state index >= 15 is 0 Å². The molecule has 0 saturated carbocycles. The van der Waals surface area contributed by atoms with Crippen molar-refractivity contribution in [2.75, 3.05) is 0 Å². The summed E-state index contributed by atoms with van der Waals surface area (Å²) in [4.78, 5) is 21.4. The molecule has 1 N–H and O–H groups in total. The van der Waals surface area contributed by atoms with Crippen LogP contribution in [0.15, 0.2) is 21.9 Å². The van der Waals surface area contributed by atoms with Crippen molar-refractivity contribution < 1.29 is 14.7 Å². The third kappa shape index (κ3) is 1.29. The molecule has 0 aromatic rings. The van der Waals surface area contributed by atoms with E-state index in [9.17, 15) is 9.59 Å². The first kappa shape index (κ1) is 8.30. The number of ketones is 2. The molecule has 0 amide bonds. The Morgan fingerprint density at radius 1 is 1.27 bits per heavy atom. The van der Waals surface area contributed by atoms with Gasteiger partial charge < -0.3 is 5.11 Å². The fourth-order valence-corrected chi connectivity index (χ4v) is 0.902. The van der Waals surface area contributed by atoms with E-state index in [1.165, 1.54) is 0 Å². The van der Waals surface area contributed by atoms with Crippen LogP contribution < -0.4 is 0 Å². The Balaban J connectivity index is 3.19. The second kappa shape index (κ2) is 2.68. The Morgan fingerprint density at radius 2 is 1.82 bits per heavy atom. The number of rotatable bonds is 0. The van der Waals surface area contributed by atoms with E-state index in [-0.39, 0.29) is 5.03 Å². The van der Waals surface area contributed by atoms with E-state index in [1.54, 1.807) is 0 Å². The maximum atomic E-state index is 10.7. The zero-order chi connectivity index (χ0) is 8.59. The molecule has 11 heavy (non-hydrogen) atoms. The lowest BCUT2D eigenvalue weighted by atomic mass is 10.1. The molecule has 5 heteroatoms. The van der Waals surface area contributed by atoms with Crippen molar-refractivity contribution in [3.8, 4) is 0 Å². The standard InChI is InChI=1S/C6H2Cl2O3/c7-2-1-3(9)4(8)6(11)5(2)10/h1,11H. The second-order valence-electron chi connectivity index (χ2n) is 1.85. The van der Waals surface area contributed by atoms with Crippen molar-refractivity contribution in [1.82, 2.24) is 0 Å². The molecule has 0 unspecified atom stereocenters. The molecule has 0 aliphatic heterocycles. The van der Waals surface area contributed by atoms with E-state index in [0.29, 0.717) is 0 Å². The van der Waals surface area contributed by atoms with Crippen molar-refractivity contribution >= 4 is 34.8 Å². The quantitative estimate of drug-likeness (QED) is 0.589. The summed E-state index contributed by atoms with van der Waals surface area (Å²) in [6.45, 7) is 0. The number of halogens is 2. The highest BCUT2D eigenvalue weighted by atomic mass is 35.5. The van der Waals surface area contributed by atoms with E-state index in [4.69, 9.17) is 28.3 Å². The zero-order valence-electron chi connectivity index (χ0n) is 5.10. The second-order valence-corrected chi connectivity index (χ2v) is 2.63. The topological polar surface area (TPSA) is 54.4 Å². The van der Waals surface area contributed by atoms with Gasteiger partial charge in [0.1, 0.15) is 5.03 Å². The summed E-state index contributed by atoms with van der Waals surface area (Å²) in [5.74, 6) is -2.27. The molecule has 0 fully saturated rings. The number of aliphatic hydroxyl groups excluding tert-OH is 1. The Kier molecular flexibility index (Phi) is 2.02. The minimum Gasteiger partial charge on any atom is -0.503 e. The maximum Gasteiger partial charge on any atom is 0.240 e. The summed E-state index contributed by atoms with van der Waals surface area (Å²) >= 11 is 10.5. The van der Waals surface area contributed by atoms with Crippen LogP contribution in [0.5, 0.6) is 0 Å². The first-order valence-corrected chi connectivity index (χ1v) is 3.34. The zero-order valence-corrected chi connectivity index (χ0v) is 6.61.